The number of ether oxygens (including phenoxy) is 1. The number of aliphatic imine (C=N–C) groups is 1. The van der Waals surface area contributed by atoms with Crippen molar-refractivity contribution in [2.45, 2.75) is 79.0 Å². The van der Waals surface area contributed by atoms with Crippen LogP contribution in [0.15, 0.2) is 4.99 Å². The summed E-state index contributed by atoms with van der Waals surface area (Å²) in [5.74, 6) is 1.01. The first kappa shape index (κ1) is 29.9. The predicted octanol–water partition coefficient (Wildman–Crippen LogP) is 2.97. The van der Waals surface area contributed by atoms with Gasteiger partial charge in [0, 0.05) is 45.7 Å². The van der Waals surface area contributed by atoms with E-state index < -0.39 is 11.7 Å². The van der Waals surface area contributed by atoms with Gasteiger partial charge in [-0.1, -0.05) is 13.8 Å². The van der Waals surface area contributed by atoms with Crippen LogP contribution in [0.4, 0.5) is 4.79 Å². The van der Waals surface area contributed by atoms with Crippen molar-refractivity contribution in [3.8, 4) is 0 Å². The normalized spacial score (nSPS) is 12.9. The van der Waals surface area contributed by atoms with E-state index in [4.69, 9.17) is 4.74 Å². The lowest BCUT2D eigenvalue weighted by Crippen LogP contribution is -2.45. The van der Waals surface area contributed by atoms with Crippen molar-refractivity contribution in [1.29, 1.82) is 0 Å². The van der Waals surface area contributed by atoms with E-state index in [2.05, 4.69) is 34.8 Å². The topological polar surface area (TPSA) is 95.1 Å². The van der Waals surface area contributed by atoms with E-state index in [1.807, 2.05) is 46.6 Å². The van der Waals surface area contributed by atoms with Gasteiger partial charge < -0.3 is 25.6 Å². The first-order chi connectivity index (χ1) is 12.9. The zero-order chi connectivity index (χ0) is 21.9. The summed E-state index contributed by atoms with van der Waals surface area (Å²) in [5, 5.41) is 9.03. The van der Waals surface area contributed by atoms with E-state index in [1.165, 1.54) is 0 Å². The number of rotatable bonds is 9. The van der Waals surface area contributed by atoms with Crippen LogP contribution in [0.3, 0.4) is 0 Å². The molecule has 0 aromatic carbocycles. The Hall–Kier alpha value is -1.26. The molecule has 29 heavy (non-hydrogen) atoms. The van der Waals surface area contributed by atoms with Gasteiger partial charge >= 0.3 is 6.09 Å². The largest absolute Gasteiger partial charge is 0.444 e. The lowest BCUT2D eigenvalue weighted by molar-refractivity contribution is -0.121. The average molecular weight is 527 g/mol. The van der Waals surface area contributed by atoms with Gasteiger partial charge in [0.25, 0.3) is 0 Å². The molecule has 0 rings (SSSR count). The Kier molecular flexibility index (Phi) is 15.2. The van der Waals surface area contributed by atoms with Crippen LogP contribution in [0.25, 0.3) is 0 Å². The third-order valence-corrected chi connectivity index (χ3v) is 3.94. The smallest absolute Gasteiger partial charge is 0.407 e. The van der Waals surface area contributed by atoms with Crippen LogP contribution in [0.1, 0.15) is 61.3 Å². The molecule has 0 aromatic heterocycles. The number of carbonyl (C=O) groups excluding carboxylic acids is 2. The molecule has 1 atom stereocenters. The van der Waals surface area contributed by atoms with Gasteiger partial charge in [-0.2, -0.15) is 0 Å². The van der Waals surface area contributed by atoms with Gasteiger partial charge in [0.15, 0.2) is 5.96 Å². The van der Waals surface area contributed by atoms with Crippen LogP contribution in [0.2, 0.25) is 0 Å². The molecular weight excluding hydrogens is 485 g/mol. The molecule has 0 aliphatic heterocycles. The number of nitrogens with one attached hydrogen (secondary N) is 3. The second kappa shape index (κ2) is 14.7. The summed E-state index contributed by atoms with van der Waals surface area (Å²) < 4.78 is 5.36. The van der Waals surface area contributed by atoms with Crippen molar-refractivity contribution in [3.05, 3.63) is 0 Å². The van der Waals surface area contributed by atoms with Gasteiger partial charge in [-0.25, -0.2) is 4.79 Å². The fourth-order valence-electron chi connectivity index (χ4n) is 2.54. The molecule has 1 unspecified atom stereocenters. The van der Waals surface area contributed by atoms with Crippen LogP contribution in [0, 0.1) is 5.92 Å². The molecule has 2 amide bonds. The minimum absolute atomic E-state index is 0. The molecule has 0 spiro atoms. The number of hydrogen-bond donors (Lipinski definition) is 3. The van der Waals surface area contributed by atoms with Crippen molar-refractivity contribution >= 4 is 41.9 Å². The molecule has 0 bridgehead atoms. The average Bonchev–Trinajstić information content (AvgIpc) is 2.52. The number of alkyl carbamates (subject to hydrolysis) is 1. The van der Waals surface area contributed by atoms with Crippen LogP contribution < -0.4 is 16.0 Å². The number of halogens is 1. The maximum absolute atomic E-state index is 12.1. The first-order valence-electron chi connectivity index (χ1n) is 10.1. The molecule has 0 aromatic rings. The van der Waals surface area contributed by atoms with Crippen molar-refractivity contribution < 1.29 is 14.3 Å². The fraction of sp³-hybridized carbons (Fsp3) is 0.850. The Morgan fingerprint density at radius 2 is 1.69 bits per heavy atom. The Balaban J connectivity index is 0. The SMILES string of the molecule is CN=C(NCCC(=O)NC(C)C)N(C)CCC(NC(=O)OC(C)(C)C)C(C)C.I. The molecule has 0 heterocycles. The monoisotopic (exact) mass is 527 g/mol. The van der Waals surface area contributed by atoms with Gasteiger partial charge in [-0.15, -0.1) is 24.0 Å². The maximum Gasteiger partial charge on any atom is 0.407 e. The predicted molar refractivity (Wildman–Crippen MR) is 130 cm³/mol. The van der Waals surface area contributed by atoms with Gasteiger partial charge in [0.2, 0.25) is 5.91 Å². The molecule has 3 N–H and O–H groups in total. The molecule has 0 aliphatic carbocycles. The summed E-state index contributed by atoms with van der Waals surface area (Å²) in [6.45, 7) is 14.8. The van der Waals surface area contributed by atoms with Crippen LogP contribution in [-0.4, -0.2) is 67.7 Å². The summed E-state index contributed by atoms with van der Waals surface area (Å²) in [6, 6.07) is 0.132. The van der Waals surface area contributed by atoms with Crippen LogP contribution in [-0.2, 0) is 9.53 Å². The van der Waals surface area contributed by atoms with E-state index in [-0.39, 0.29) is 47.9 Å². The second-order valence-corrected chi connectivity index (χ2v) is 8.65. The Bertz CT molecular complexity index is 519. The van der Waals surface area contributed by atoms with Gasteiger partial charge in [0.05, 0.1) is 0 Å². The highest BCUT2D eigenvalue weighted by Crippen LogP contribution is 2.11. The molecular formula is C20H42IN5O3. The number of carbonyl (C=O) groups is 2. The third-order valence-electron chi connectivity index (χ3n) is 3.94. The Labute approximate surface area is 194 Å². The minimum atomic E-state index is -0.518. The highest BCUT2D eigenvalue weighted by atomic mass is 127. The Morgan fingerprint density at radius 3 is 2.14 bits per heavy atom. The van der Waals surface area contributed by atoms with E-state index >= 15 is 0 Å². The molecule has 9 heteroatoms. The van der Waals surface area contributed by atoms with Gasteiger partial charge in [-0.3, -0.25) is 9.79 Å². The highest BCUT2D eigenvalue weighted by Gasteiger charge is 2.22. The van der Waals surface area contributed by atoms with Gasteiger partial charge in [0.1, 0.15) is 5.60 Å². The van der Waals surface area contributed by atoms with Gasteiger partial charge in [-0.05, 0) is 47.0 Å². The van der Waals surface area contributed by atoms with Crippen LogP contribution in [0.5, 0.6) is 0 Å². The molecule has 0 fully saturated rings. The third kappa shape index (κ3) is 15.3. The van der Waals surface area contributed by atoms with Crippen molar-refractivity contribution in [3.63, 3.8) is 0 Å². The lowest BCUT2D eigenvalue weighted by atomic mass is 10.0. The number of guanidine groups is 1. The standard InChI is InChI=1S/C20H41N5O3.HI/c1-14(2)16(24-19(27)28-20(5,6)7)11-13-25(9)18(21-8)22-12-10-17(26)23-15(3)4;/h14-16H,10-13H2,1-9H3,(H,21,22)(H,23,26)(H,24,27);1H. The second-order valence-electron chi connectivity index (χ2n) is 8.65. The van der Waals surface area contributed by atoms with Crippen molar-refractivity contribution in [1.82, 2.24) is 20.9 Å². The number of nitrogens with zero attached hydrogens (tertiary/aromatic N) is 2. The molecule has 0 saturated heterocycles. The number of amides is 2. The minimum Gasteiger partial charge on any atom is -0.444 e. The van der Waals surface area contributed by atoms with Crippen LogP contribution >= 0.6 is 24.0 Å². The number of hydrogen-bond acceptors (Lipinski definition) is 4. The zero-order valence-electron chi connectivity index (χ0n) is 19.6. The highest BCUT2D eigenvalue weighted by molar-refractivity contribution is 14.0. The first-order valence-corrected chi connectivity index (χ1v) is 10.1. The summed E-state index contributed by atoms with van der Waals surface area (Å²) in [6.07, 6.45) is 0.745. The molecule has 0 radical (unpaired) electrons. The van der Waals surface area contributed by atoms with E-state index in [0.29, 0.717) is 19.5 Å². The summed E-state index contributed by atoms with van der Waals surface area (Å²) in [5.41, 5.74) is -0.518. The summed E-state index contributed by atoms with van der Waals surface area (Å²) >= 11 is 0. The molecule has 8 nitrogen and oxygen atoms in total. The summed E-state index contributed by atoms with van der Waals surface area (Å²) in [7, 11) is 3.65. The molecule has 0 aliphatic rings. The van der Waals surface area contributed by atoms with E-state index in [1.54, 1.807) is 7.05 Å². The zero-order valence-corrected chi connectivity index (χ0v) is 21.9. The summed E-state index contributed by atoms with van der Waals surface area (Å²) in [4.78, 5) is 30.1. The Morgan fingerprint density at radius 1 is 1.10 bits per heavy atom. The lowest BCUT2D eigenvalue weighted by Gasteiger charge is -2.28. The van der Waals surface area contributed by atoms with Crippen molar-refractivity contribution in [2.75, 3.05) is 27.2 Å². The fourth-order valence-corrected chi connectivity index (χ4v) is 2.54. The molecule has 172 valence electrons. The van der Waals surface area contributed by atoms with E-state index in [0.717, 1.165) is 12.4 Å². The molecule has 0 saturated carbocycles. The maximum atomic E-state index is 12.1. The van der Waals surface area contributed by atoms with E-state index in [9.17, 15) is 9.59 Å². The van der Waals surface area contributed by atoms with Crippen molar-refractivity contribution in [2.24, 2.45) is 10.9 Å². The quantitative estimate of drug-likeness (QED) is 0.244.